The molecular formula is C15H25N5O2. The molecule has 2 N–H and O–H groups in total. The molecule has 122 valence electrons. The second-order valence-corrected chi connectivity index (χ2v) is 6.04. The van der Waals surface area contributed by atoms with Crippen LogP contribution in [0.15, 0.2) is 12.3 Å². The number of nitrogens with zero attached hydrogens (tertiary/aromatic N) is 4. The van der Waals surface area contributed by atoms with E-state index in [0.29, 0.717) is 32.5 Å². The van der Waals surface area contributed by atoms with Gasteiger partial charge in [-0.15, -0.1) is 0 Å². The predicted molar refractivity (Wildman–Crippen MR) is 82.9 cm³/mol. The Hall–Kier alpha value is -1.89. The Balaban J connectivity index is 1.93. The number of carbonyl (C=O) groups is 2. The lowest BCUT2D eigenvalue weighted by Crippen LogP contribution is -2.61. The van der Waals surface area contributed by atoms with Gasteiger partial charge in [0.05, 0.1) is 0 Å². The number of piperazine rings is 1. The normalized spacial score (nSPS) is 19.6. The topological polar surface area (TPSA) is 84.5 Å². The van der Waals surface area contributed by atoms with Gasteiger partial charge in [0.15, 0.2) is 0 Å². The number of aryl methyl sites for hydroxylation is 2. The molecule has 7 heteroatoms. The lowest BCUT2D eigenvalue weighted by atomic mass is 10.1. The van der Waals surface area contributed by atoms with Crippen LogP contribution in [0, 0.1) is 0 Å². The van der Waals surface area contributed by atoms with E-state index < -0.39 is 6.04 Å². The smallest absolute Gasteiger partial charge is 0.236 e. The van der Waals surface area contributed by atoms with Gasteiger partial charge >= 0.3 is 0 Å². The lowest BCUT2D eigenvalue weighted by molar-refractivity contribution is -0.138. The van der Waals surface area contributed by atoms with Crippen LogP contribution in [-0.4, -0.2) is 63.1 Å². The van der Waals surface area contributed by atoms with Crippen LogP contribution in [0.5, 0.6) is 0 Å². The van der Waals surface area contributed by atoms with Gasteiger partial charge in [-0.2, -0.15) is 5.10 Å². The Labute approximate surface area is 131 Å². The van der Waals surface area contributed by atoms with E-state index in [1.807, 2.05) is 27.0 Å². The fraction of sp³-hybridized carbons (Fsp3) is 0.667. The van der Waals surface area contributed by atoms with Crippen LogP contribution in [0.3, 0.4) is 0 Å². The predicted octanol–water partition coefficient (Wildman–Crippen LogP) is -0.241. The Morgan fingerprint density at radius 2 is 2.14 bits per heavy atom. The molecule has 0 saturated carbocycles. The molecule has 7 nitrogen and oxygen atoms in total. The highest BCUT2D eigenvalue weighted by Crippen LogP contribution is 2.15. The summed E-state index contributed by atoms with van der Waals surface area (Å²) in [7, 11) is 1.87. The first-order valence-electron chi connectivity index (χ1n) is 7.70. The van der Waals surface area contributed by atoms with Crippen molar-refractivity contribution in [2.75, 3.05) is 19.6 Å². The van der Waals surface area contributed by atoms with Crippen molar-refractivity contribution in [3.8, 4) is 0 Å². The van der Waals surface area contributed by atoms with E-state index in [4.69, 9.17) is 5.73 Å². The van der Waals surface area contributed by atoms with Crippen molar-refractivity contribution in [2.24, 2.45) is 12.8 Å². The molecule has 1 aromatic heterocycles. The van der Waals surface area contributed by atoms with Crippen LogP contribution in [0.4, 0.5) is 0 Å². The summed E-state index contributed by atoms with van der Waals surface area (Å²) in [5.41, 5.74) is 6.53. The first-order valence-corrected chi connectivity index (χ1v) is 7.70. The molecule has 2 heterocycles. The lowest BCUT2D eigenvalue weighted by Gasteiger charge is -2.42. The van der Waals surface area contributed by atoms with Gasteiger partial charge < -0.3 is 10.6 Å². The Morgan fingerprint density at radius 1 is 1.41 bits per heavy atom. The van der Waals surface area contributed by atoms with Gasteiger partial charge in [-0.05, 0) is 26.3 Å². The van der Waals surface area contributed by atoms with Crippen molar-refractivity contribution in [3.05, 3.63) is 18.0 Å². The Kier molecular flexibility index (Phi) is 5.18. The summed E-state index contributed by atoms with van der Waals surface area (Å²) in [4.78, 5) is 27.8. The number of aromatic nitrogens is 2. The van der Waals surface area contributed by atoms with E-state index in [2.05, 4.69) is 10.00 Å². The molecule has 0 radical (unpaired) electrons. The monoisotopic (exact) mass is 307 g/mol. The molecule has 2 amide bonds. The van der Waals surface area contributed by atoms with Gasteiger partial charge in [0.2, 0.25) is 11.8 Å². The van der Waals surface area contributed by atoms with Crippen molar-refractivity contribution >= 4 is 11.8 Å². The largest absolute Gasteiger partial charge is 0.368 e. The van der Waals surface area contributed by atoms with E-state index in [1.54, 1.807) is 15.8 Å². The highest BCUT2D eigenvalue weighted by molar-refractivity contribution is 5.82. The summed E-state index contributed by atoms with van der Waals surface area (Å²) in [6.07, 6.45) is 2.80. The molecule has 1 atom stereocenters. The van der Waals surface area contributed by atoms with Gasteiger partial charge in [0.1, 0.15) is 6.04 Å². The minimum atomic E-state index is -0.394. The number of primary amides is 1. The summed E-state index contributed by atoms with van der Waals surface area (Å²) in [5.74, 6) is -0.298. The molecular weight excluding hydrogens is 282 g/mol. The second-order valence-electron chi connectivity index (χ2n) is 6.04. The summed E-state index contributed by atoms with van der Waals surface area (Å²) in [6, 6.07) is 1.76. The SMILES string of the molecule is CC(C)N1CCN(C(=O)CCc2ccnn2C)CC1C(N)=O. The fourth-order valence-electron chi connectivity index (χ4n) is 2.93. The molecule has 1 aliphatic rings. The number of rotatable bonds is 5. The summed E-state index contributed by atoms with van der Waals surface area (Å²) in [5, 5.41) is 4.10. The summed E-state index contributed by atoms with van der Waals surface area (Å²) < 4.78 is 1.77. The number of hydrogen-bond donors (Lipinski definition) is 1. The average molecular weight is 307 g/mol. The van der Waals surface area contributed by atoms with E-state index in [-0.39, 0.29) is 17.9 Å². The zero-order valence-electron chi connectivity index (χ0n) is 13.5. The zero-order valence-corrected chi connectivity index (χ0v) is 13.5. The van der Waals surface area contributed by atoms with Crippen LogP contribution in [0.25, 0.3) is 0 Å². The minimum absolute atomic E-state index is 0.0656. The molecule has 1 unspecified atom stereocenters. The number of hydrogen-bond acceptors (Lipinski definition) is 4. The molecule has 1 aliphatic heterocycles. The molecule has 1 fully saturated rings. The van der Waals surface area contributed by atoms with E-state index in [1.165, 1.54) is 0 Å². The maximum absolute atomic E-state index is 12.4. The van der Waals surface area contributed by atoms with Crippen LogP contribution < -0.4 is 5.73 Å². The van der Waals surface area contributed by atoms with Gasteiger partial charge in [-0.1, -0.05) is 0 Å². The van der Waals surface area contributed by atoms with E-state index in [9.17, 15) is 9.59 Å². The average Bonchev–Trinajstić information content (AvgIpc) is 2.89. The molecule has 0 spiro atoms. The molecule has 0 bridgehead atoms. The Morgan fingerprint density at radius 3 is 2.68 bits per heavy atom. The number of amides is 2. The summed E-state index contributed by atoms with van der Waals surface area (Å²) >= 11 is 0. The van der Waals surface area contributed by atoms with Gasteiger partial charge in [0.25, 0.3) is 0 Å². The summed E-state index contributed by atoms with van der Waals surface area (Å²) in [6.45, 7) is 5.79. The molecule has 0 aliphatic carbocycles. The molecule has 22 heavy (non-hydrogen) atoms. The first kappa shape index (κ1) is 16.5. The van der Waals surface area contributed by atoms with Gasteiger partial charge in [-0.3, -0.25) is 19.2 Å². The maximum atomic E-state index is 12.4. The molecule has 1 saturated heterocycles. The maximum Gasteiger partial charge on any atom is 0.236 e. The van der Waals surface area contributed by atoms with Crippen molar-refractivity contribution < 1.29 is 9.59 Å². The van der Waals surface area contributed by atoms with Crippen molar-refractivity contribution in [1.29, 1.82) is 0 Å². The third-order valence-corrected chi connectivity index (χ3v) is 4.28. The van der Waals surface area contributed by atoms with E-state index in [0.717, 1.165) is 5.69 Å². The van der Waals surface area contributed by atoms with Gasteiger partial charge in [-0.25, -0.2) is 0 Å². The van der Waals surface area contributed by atoms with Crippen LogP contribution in [0.1, 0.15) is 26.0 Å². The standard InChI is InChI=1S/C15H25N5O2/c1-11(2)20-9-8-19(10-13(20)15(16)22)14(21)5-4-12-6-7-17-18(12)3/h6-7,11,13H,4-5,8-10H2,1-3H3,(H2,16,22). The Bertz CT molecular complexity index is 540. The van der Waals surface area contributed by atoms with E-state index >= 15 is 0 Å². The van der Waals surface area contributed by atoms with Crippen molar-refractivity contribution in [1.82, 2.24) is 19.6 Å². The third kappa shape index (κ3) is 3.65. The molecule has 2 rings (SSSR count). The highest BCUT2D eigenvalue weighted by atomic mass is 16.2. The number of nitrogens with two attached hydrogens (primary N) is 1. The quantitative estimate of drug-likeness (QED) is 0.813. The second kappa shape index (κ2) is 6.91. The van der Waals surface area contributed by atoms with Crippen LogP contribution in [-0.2, 0) is 23.1 Å². The van der Waals surface area contributed by atoms with Crippen molar-refractivity contribution in [3.63, 3.8) is 0 Å². The van der Waals surface area contributed by atoms with Crippen LogP contribution >= 0.6 is 0 Å². The zero-order chi connectivity index (χ0) is 16.3. The third-order valence-electron chi connectivity index (χ3n) is 4.28. The molecule has 0 aromatic carbocycles. The molecule has 1 aromatic rings. The van der Waals surface area contributed by atoms with Gasteiger partial charge in [0, 0.05) is 51.0 Å². The fourth-order valence-corrected chi connectivity index (χ4v) is 2.93. The highest BCUT2D eigenvalue weighted by Gasteiger charge is 2.34. The van der Waals surface area contributed by atoms with Crippen LogP contribution in [0.2, 0.25) is 0 Å². The minimum Gasteiger partial charge on any atom is -0.368 e. The first-order chi connectivity index (χ1) is 10.4. The van der Waals surface area contributed by atoms with Crippen molar-refractivity contribution in [2.45, 2.75) is 38.8 Å². The number of carbonyl (C=O) groups excluding carboxylic acids is 2.